The fourth-order valence-electron chi connectivity index (χ4n) is 2.44. The summed E-state index contributed by atoms with van der Waals surface area (Å²) in [6.07, 6.45) is 0.224. The largest absolute Gasteiger partial charge is 0.374 e. The number of hydrogen-bond donors (Lipinski definition) is 0. The van der Waals surface area contributed by atoms with Crippen molar-refractivity contribution in [3.05, 3.63) is 0 Å². The topological polar surface area (TPSA) is 31.3 Å². The van der Waals surface area contributed by atoms with Gasteiger partial charge in [0.25, 0.3) is 0 Å². The van der Waals surface area contributed by atoms with Crippen molar-refractivity contribution in [2.24, 2.45) is 10.9 Å². The lowest BCUT2D eigenvalue weighted by atomic mass is 10.2. The summed E-state index contributed by atoms with van der Waals surface area (Å²) in [5, 5.41) is 0. The molecule has 5 nitrogen and oxygen atoms in total. The van der Waals surface area contributed by atoms with Gasteiger partial charge in [0.05, 0.1) is 19.3 Å². The Labute approximate surface area is 118 Å². The highest BCUT2D eigenvalue weighted by Gasteiger charge is 2.21. The highest BCUT2D eigenvalue weighted by molar-refractivity contribution is 5.79. The van der Waals surface area contributed by atoms with Gasteiger partial charge in [-0.15, -0.1) is 0 Å². The molecule has 0 aromatic rings. The van der Waals surface area contributed by atoms with Gasteiger partial charge >= 0.3 is 0 Å². The maximum Gasteiger partial charge on any atom is 0.195 e. The van der Waals surface area contributed by atoms with Gasteiger partial charge in [0.15, 0.2) is 5.96 Å². The molecule has 0 amide bonds. The Morgan fingerprint density at radius 1 is 1.26 bits per heavy atom. The van der Waals surface area contributed by atoms with Crippen molar-refractivity contribution >= 4 is 5.96 Å². The second-order valence-corrected chi connectivity index (χ2v) is 6.08. The van der Waals surface area contributed by atoms with Crippen molar-refractivity contribution < 1.29 is 4.74 Å². The summed E-state index contributed by atoms with van der Waals surface area (Å²) in [4.78, 5) is 11.2. The second kappa shape index (κ2) is 7.70. The van der Waals surface area contributed by atoms with Crippen molar-refractivity contribution in [1.82, 2.24) is 14.7 Å². The molecular weight excluding hydrogens is 240 g/mol. The first-order valence-electron chi connectivity index (χ1n) is 7.13. The molecule has 1 aliphatic heterocycles. The molecule has 0 bridgehead atoms. The van der Waals surface area contributed by atoms with Gasteiger partial charge in [-0.05, 0) is 5.92 Å². The smallest absolute Gasteiger partial charge is 0.195 e. The van der Waals surface area contributed by atoms with Crippen molar-refractivity contribution in [3.63, 3.8) is 0 Å². The quantitative estimate of drug-likeness (QED) is 0.559. The molecule has 112 valence electrons. The van der Waals surface area contributed by atoms with Gasteiger partial charge in [-0.3, -0.25) is 9.89 Å². The second-order valence-electron chi connectivity index (χ2n) is 6.08. The van der Waals surface area contributed by atoms with Crippen LogP contribution in [0.5, 0.6) is 0 Å². The first-order chi connectivity index (χ1) is 8.90. The maximum atomic E-state index is 5.81. The van der Waals surface area contributed by atoms with Crippen LogP contribution in [0.1, 0.15) is 13.8 Å². The van der Waals surface area contributed by atoms with E-state index in [1.807, 2.05) is 38.0 Å². The molecule has 1 atom stereocenters. The highest BCUT2D eigenvalue weighted by atomic mass is 16.5. The lowest BCUT2D eigenvalue weighted by Gasteiger charge is -2.33. The van der Waals surface area contributed by atoms with Crippen LogP contribution in [-0.4, -0.2) is 87.7 Å². The zero-order valence-electron chi connectivity index (χ0n) is 13.4. The van der Waals surface area contributed by atoms with E-state index >= 15 is 0 Å². The van der Waals surface area contributed by atoms with Crippen molar-refractivity contribution in [2.75, 3.05) is 61.0 Å². The van der Waals surface area contributed by atoms with Crippen LogP contribution in [0.25, 0.3) is 0 Å². The first kappa shape index (κ1) is 16.2. The number of hydrogen-bond acceptors (Lipinski definition) is 3. The molecule has 1 aliphatic rings. The number of guanidine groups is 1. The van der Waals surface area contributed by atoms with E-state index in [1.165, 1.54) is 0 Å². The lowest BCUT2D eigenvalue weighted by Crippen LogP contribution is -2.45. The molecule has 1 heterocycles. The van der Waals surface area contributed by atoms with Crippen LogP contribution in [0.3, 0.4) is 0 Å². The highest BCUT2D eigenvalue weighted by Crippen LogP contribution is 2.08. The standard InChI is InChI=1S/C14H30N4O/c1-12(2)10-18-7-8-19-13(11-18)9-15-14(16(3)4)17(5)6/h12-13H,7-11H2,1-6H3/t13-/m1/s1. The van der Waals surface area contributed by atoms with Crippen molar-refractivity contribution in [1.29, 1.82) is 0 Å². The molecule has 0 radical (unpaired) electrons. The monoisotopic (exact) mass is 270 g/mol. The Kier molecular flexibility index (Phi) is 6.58. The van der Waals surface area contributed by atoms with Crippen LogP contribution < -0.4 is 0 Å². The molecule has 0 unspecified atom stereocenters. The summed E-state index contributed by atoms with van der Waals surface area (Å²) in [6, 6.07) is 0. The van der Waals surface area contributed by atoms with Crippen molar-refractivity contribution in [3.8, 4) is 0 Å². The van der Waals surface area contributed by atoms with Gasteiger partial charge in [-0.2, -0.15) is 0 Å². The summed E-state index contributed by atoms with van der Waals surface area (Å²) < 4.78 is 5.81. The number of rotatable bonds is 4. The molecule has 1 fully saturated rings. The maximum absolute atomic E-state index is 5.81. The minimum absolute atomic E-state index is 0.224. The lowest BCUT2D eigenvalue weighted by molar-refractivity contribution is -0.0263. The Morgan fingerprint density at radius 3 is 2.42 bits per heavy atom. The van der Waals surface area contributed by atoms with E-state index in [0.717, 1.165) is 38.7 Å². The summed E-state index contributed by atoms with van der Waals surface area (Å²) in [6.45, 7) is 9.28. The van der Waals surface area contributed by atoms with Gasteiger partial charge in [0, 0.05) is 47.8 Å². The zero-order chi connectivity index (χ0) is 14.4. The molecule has 1 rings (SSSR count). The van der Waals surface area contributed by atoms with E-state index in [1.54, 1.807) is 0 Å². The average molecular weight is 270 g/mol. The average Bonchev–Trinajstić information content (AvgIpc) is 2.27. The zero-order valence-corrected chi connectivity index (χ0v) is 13.4. The molecule has 19 heavy (non-hydrogen) atoms. The van der Waals surface area contributed by atoms with E-state index in [9.17, 15) is 0 Å². The molecule has 0 spiro atoms. The third-order valence-electron chi connectivity index (χ3n) is 3.08. The number of morpholine rings is 1. The molecule has 0 aromatic carbocycles. The van der Waals surface area contributed by atoms with Gasteiger partial charge in [-0.25, -0.2) is 0 Å². The van der Waals surface area contributed by atoms with E-state index in [4.69, 9.17) is 4.74 Å². The molecular formula is C14H30N4O. The normalized spacial score (nSPS) is 20.5. The Morgan fingerprint density at radius 2 is 1.89 bits per heavy atom. The summed E-state index contributed by atoms with van der Waals surface area (Å²) in [7, 11) is 8.08. The third kappa shape index (κ3) is 5.78. The molecule has 0 saturated carbocycles. The van der Waals surface area contributed by atoms with Crippen LogP contribution in [-0.2, 0) is 4.74 Å². The number of aliphatic imine (C=N–C) groups is 1. The molecule has 1 saturated heterocycles. The van der Waals surface area contributed by atoms with Gasteiger partial charge in [0.1, 0.15) is 0 Å². The van der Waals surface area contributed by atoms with Crippen LogP contribution >= 0.6 is 0 Å². The van der Waals surface area contributed by atoms with E-state index < -0.39 is 0 Å². The fraction of sp³-hybridized carbons (Fsp3) is 0.929. The van der Waals surface area contributed by atoms with E-state index in [2.05, 4.69) is 23.7 Å². The third-order valence-corrected chi connectivity index (χ3v) is 3.08. The van der Waals surface area contributed by atoms with E-state index in [0.29, 0.717) is 5.92 Å². The number of ether oxygens (including phenoxy) is 1. The molecule has 0 N–H and O–H groups in total. The Hall–Kier alpha value is -0.810. The van der Waals surface area contributed by atoms with Crippen LogP contribution in [0, 0.1) is 5.92 Å². The number of nitrogens with zero attached hydrogens (tertiary/aromatic N) is 4. The van der Waals surface area contributed by atoms with Gasteiger partial charge in [-0.1, -0.05) is 13.8 Å². The minimum Gasteiger partial charge on any atom is -0.374 e. The minimum atomic E-state index is 0.224. The van der Waals surface area contributed by atoms with Crippen LogP contribution in [0.15, 0.2) is 4.99 Å². The van der Waals surface area contributed by atoms with Crippen LogP contribution in [0.2, 0.25) is 0 Å². The van der Waals surface area contributed by atoms with Crippen molar-refractivity contribution in [2.45, 2.75) is 20.0 Å². The fourth-order valence-corrected chi connectivity index (χ4v) is 2.44. The SMILES string of the molecule is CC(C)CN1CCO[C@H](CN=C(N(C)C)N(C)C)C1. The van der Waals surface area contributed by atoms with Gasteiger partial charge in [0.2, 0.25) is 0 Å². The van der Waals surface area contributed by atoms with Gasteiger partial charge < -0.3 is 14.5 Å². The molecule has 0 aromatic heterocycles. The van der Waals surface area contributed by atoms with E-state index in [-0.39, 0.29) is 6.10 Å². The summed E-state index contributed by atoms with van der Waals surface area (Å²) >= 11 is 0. The Bertz CT molecular complexity index is 279. The summed E-state index contributed by atoms with van der Waals surface area (Å²) in [5.41, 5.74) is 0. The van der Waals surface area contributed by atoms with Crippen LogP contribution in [0.4, 0.5) is 0 Å². The molecule has 5 heteroatoms. The molecule has 0 aliphatic carbocycles. The predicted octanol–water partition coefficient (Wildman–Crippen LogP) is 0.822. The Balaban J connectivity index is 2.49. The predicted molar refractivity (Wildman–Crippen MR) is 80.7 cm³/mol. The first-order valence-corrected chi connectivity index (χ1v) is 7.13. The summed E-state index contributed by atoms with van der Waals surface area (Å²) in [5.74, 6) is 1.70.